The summed E-state index contributed by atoms with van der Waals surface area (Å²) in [4.78, 5) is 14.8. The summed E-state index contributed by atoms with van der Waals surface area (Å²) in [7, 11) is 0. The Morgan fingerprint density at radius 2 is 1.72 bits per heavy atom. The number of ether oxygens (including phenoxy) is 1. The molecule has 0 radical (unpaired) electrons. The second-order valence-corrected chi connectivity index (χ2v) is 8.28. The Hall–Kier alpha value is -2.46. The number of nitrogens with zero attached hydrogens (tertiary/aromatic N) is 1. The van der Waals surface area contributed by atoms with Crippen LogP contribution < -0.4 is 39.4 Å². The van der Waals surface area contributed by atoms with Crippen molar-refractivity contribution in [2.45, 2.75) is 32.0 Å². The number of carboxylic acids is 1. The van der Waals surface area contributed by atoms with Gasteiger partial charge in [0.25, 0.3) is 0 Å². The van der Waals surface area contributed by atoms with Crippen LogP contribution in [0.3, 0.4) is 0 Å². The van der Waals surface area contributed by atoms with Gasteiger partial charge in [0.05, 0.1) is 11.5 Å². The number of halogens is 6. The third-order valence-corrected chi connectivity index (χ3v) is 5.88. The number of rotatable bonds is 6. The standard InChI is InChI=1S/C25H17ClF5NO3.Na/c26-14-7-8-22(35-12-19-20(27)5-2-6-21(19)28)17(10-14)16-4-1-3-15(16)13-9-18(24(33)34)23(32-11-13)25(29,30)31;/h2,5-11H,1,3-4,12H2,(H,33,34);/q;+1/p-1. The second-order valence-electron chi connectivity index (χ2n) is 7.85. The van der Waals surface area contributed by atoms with Crippen molar-refractivity contribution < 1.29 is 66.1 Å². The number of carboxylic acid groups (broad SMARTS) is 1. The number of pyridine rings is 1. The summed E-state index contributed by atoms with van der Waals surface area (Å²) < 4.78 is 73.3. The third kappa shape index (κ3) is 5.91. The fraction of sp³-hybridized carbons (Fsp3) is 0.200. The first-order chi connectivity index (χ1) is 16.6. The molecule has 182 valence electrons. The molecule has 0 fully saturated rings. The maximum absolute atomic E-state index is 14.0. The van der Waals surface area contributed by atoms with E-state index in [0.29, 0.717) is 41.0 Å². The molecule has 36 heavy (non-hydrogen) atoms. The fourth-order valence-electron chi connectivity index (χ4n) is 4.05. The largest absolute Gasteiger partial charge is 1.00 e. The normalized spacial score (nSPS) is 13.5. The first-order valence-corrected chi connectivity index (χ1v) is 10.8. The van der Waals surface area contributed by atoms with Crippen LogP contribution >= 0.6 is 11.6 Å². The van der Waals surface area contributed by atoms with Crippen molar-refractivity contribution in [1.82, 2.24) is 4.98 Å². The van der Waals surface area contributed by atoms with Crippen molar-refractivity contribution in [3.63, 3.8) is 0 Å². The smallest absolute Gasteiger partial charge is 0.545 e. The molecule has 1 heterocycles. The van der Waals surface area contributed by atoms with Crippen molar-refractivity contribution in [3.8, 4) is 5.75 Å². The number of alkyl halides is 3. The summed E-state index contributed by atoms with van der Waals surface area (Å²) in [5.74, 6) is -3.28. The monoisotopic (exact) mass is 531 g/mol. The quantitative estimate of drug-likeness (QED) is 0.362. The first kappa shape index (κ1) is 28.1. The number of aromatic nitrogens is 1. The zero-order chi connectivity index (χ0) is 25.3. The Bertz CT molecular complexity index is 1320. The van der Waals surface area contributed by atoms with Crippen LogP contribution in [0.4, 0.5) is 22.0 Å². The first-order valence-electron chi connectivity index (χ1n) is 10.4. The van der Waals surface area contributed by atoms with E-state index in [-0.39, 0.29) is 46.4 Å². The van der Waals surface area contributed by atoms with Crippen molar-refractivity contribution in [2.75, 3.05) is 0 Å². The number of benzene rings is 2. The van der Waals surface area contributed by atoms with Crippen LogP contribution in [0.25, 0.3) is 11.1 Å². The molecule has 0 saturated heterocycles. The molecule has 0 atom stereocenters. The van der Waals surface area contributed by atoms with Gasteiger partial charge in [0, 0.05) is 22.3 Å². The SMILES string of the molecule is O=C([O-])c1cc(C2=C(c3cc(Cl)ccc3OCc3c(F)cccc3F)CCC2)cnc1C(F)(F)F.[Na+]. The van der Waals surface area contributed by atoms with Gasteiger partial charge in [-0.2, -0.15) is 13.2 Å². The topological polar surface area (TPSA) is 62.2 Å². The molecule has 0 bridgehead atoms. The van der Waals surface area contributed by atoms with Gasteiger partial charge >= 0.3 is 35.7 Å². The van der Waals surface area contributed by atoms with Gasteiger partial charge in [-0.05, 0) is 72.4 Å². The third-order valence-electron chi connectivity index (χ3n) is 5.64. The second kappa shape index (κ2) is 11.3. The molecule has 0 N–H and O–H groups in total. The Morgan fingerprint density at radius 3 is 2.36 bits per heavy atom. The number of hydrogen-bond donors (Lipinski definition) is 0. The van der Waals surface area contributed by atoms with Crippen LogP contribution in [0.15, 0.2) is 48.7 Å². The van der Waals surface area contributed by atoms with Gasteiger partial charge in [-0.1, -0.05) is 17.7 Å². The number of carbonyl (C=O) groups excluding carboxylic acids is 1. The number of carbonyl (C=O) groups is 1. The summed E-state index contributed by atoms with van der Waals surface area (Å²) in [6.45, 7) is -0.410. The summed E-state index contributed by atoms with van der Waals surface area (Å²) in [5, 5.41) is 11.7. The molecular weight excluding hydrogens is 516 g/mol. The summed E-state index contributed by atoms with van der Waals surface area (Å²) in [5.41, 5.74) is -0.973. The Morgan fingerprint density at radius 1 is 1.06 bits per heavy atom. The van der Waals surface area contributed by atoms with Gasteiger partial charge in [-0.15, -0.1) is 0 Å². The average molecular weight is 532 g/mol. The molecule has 2 aromatic carbocycles. The molecule has 11 heteroatoms. The Labute approximate surface area is 230 Å². The van der Waals surface area contributed by atoms with E-state index in [2.05, 4.69) is 4.98 Å². The van der Waals surface area contributed by atoms with E-state index in [4.69, 9.17) is 16.3 Å². The molecule has 0 saturated carbocycles. The van der Waals surface area contributed by atoms with E-state index < -0.39 is 41.6 Å². The molecule has 4 nitrogen and oxygen atoms in total. The molecule has 0 aliphatic heterocycles. The molecule has 4 rings (SSSR count). The van der Waals surface area contributed by atoms with Crippen molar-refractivity contribution in [2.24, 2.45) is 0 Å². The van der Waals surface area contributed by atoms with Crippen LogP contribution in [0.5, 0.6) is 5.75 Å². The van der Waals surface area contributed by atoms with E-state index in [1.165, 1.54) is 18.2 Å². The zero-order valence-corrected chi connectivity index (χ0v) is 21.6. The molecule has 1 aliphatic rings. The minimum absolute atomic E-state index is 0. The molecule has 0 unspecified atom stereocenters. The van der Waals surface area contributed by atoms with E-state index in [1.807, 2.05) is 0 Å². The molecular formula is C25H16ClF5NNaO3. The van der Waals surface area contributed by atoms with Gasteiger partial charge in [-0.25, -0.2) is 8.78 Å². The fourth-order valence-corrected chi connectivity index (χ4v) is 4.23. The van der Waals surface area contributed by atoms with Gasteiger partial charge < -0.3 is 14.6 Å². The van der Waals surface area contributed by atoms with Gasteiger partial charge in [-0.3, -0.25) is 4.98 Å². The van der Waals surface area contributed by atoms with Crippen LogP contribution in [-0.2, 0) is 12.8 Å². The minimum atomic E-state index is -4.96. The summed E-state index contributed by atoms with van der Waals surface area (Å²) >= 11 is 6.17. The average Bonchev–Trinajstić information content (AvgIpc) is 3.28. The van der Waals surface area contributed by atoms with Crippen LogP contribution in [0.1, 0.15) is 52.0 Å². The van der Waals surface area contributed by atoms with Crippen LogP contribution in [0.2, 0.25) is 5.02 Å². The van der Waals surface area contributed by atoms with Gasteiger partial charge in [0.15, 0.2) is 5.69 Å². The van der Waals surface area contributed by atoms with E-state index in [0.717, 1.165) is 24.4 Å². The molecule has 1 aromatic heterocycles. The Balaban J connectivity index is 0.00000361. The van der Waals surface area contributed by atoms with E-state index in [1.54, 1.807) is 6.07 Å². The zero-order valence-electron chi connectivity index (χ0n) is 18.9. The van der Waals surface area contributed by atoms with Crippen LogP contribution in [-0.4, -0.2) is 11.0 Å². The Kier molecular flexibility index (Phi) is 8.82. The predicted molar refractivity (Wildman–Crippen MR) is 116 cm³/mol. The molecule has 3 aromatic rings. The van der Waals surface area contributed by atoms with E-state index in [9.17, 15) is 31.9 Å². The summed E-state index contributed by atoms with van der Waals surface area (Å²) in [6.07, 6.45) is -2.45. The van der Waals surface area contributed by atoms with Gasteiger partial charge in [0.2, 0.25) is 0 Å². The predicted octanol–water partition coefficient (Wildman–Crippen LogP) is 3.07. The van der Waals surface area contributed by atoms with E-state index >= 15 is 0 Å². The summed E-state index contributed by atoms with van der Waals surface area (Å²) in [6, 6.07) is 8.97. The maximum atomic E-state index is 14.0. The van der Waals surface area contributed by atoms with Gasteiger partial charge in [0.1, 0.15) is 24.0 Å². The molecule has 0 amide bonds. The molecule has 1 aliphatic carbocycles. The van der Waals surface area contributed by atoms with Crippen molar-refractivity contribution in [1.29, 1.82) is 0 Å². The number of allylic oxidation sites excluding steroid dienone is 2. The number of hydrogen-bond acceptors (Lipinski definition) is 4. The van der Waals surface area contributed by atoms with Crippen molar-refractivity contribution in [3.05, 3.63) is 93.3 Å². The number of aromatic carboxylic acids is 1. The maximum Gasteiger partial charge on any atom is 1.00 e. The molecule has 0 spiro atoms. The van der Waals surface area contributed by atoms with Crippen molar-refractivity contribution >= 4 is 28.7 Å². The minimum Gasteiger partial charge on any atom is -0.545 e. The van der Waals surface area contributed by atoms with Crippen LogP contribution in [0, 0.1) is 11.6 Å².